The van der Waals surface area contributed by atoms with Crippen LogP contribution in [0.4, 0.5) is 0 Å². The molecule has 0 saturated carbocycles. The normalized spacial score (nSPS) is 10.7. The molecule has 0 atom stereocenters. The molecule has 0 bridgehead atoms. The van der Waals surface area contributed by atoms with Crippen LogP contribution in [0.2, 0.25) is 0 Å². The molecule has 0 spiro atoms. The predicted octanol–water partition coefficient (Wildman–Crippen LogP) is 1.03. The Labute approximate surface area is 85.3 Å². The van der Waals surface area contributed by atoms with Crippen molar-refractivity contribution in [2.45, 2.75) is 26.9 Å². The zero-order valence-corrected chi connectivity index (χ0v) is 8.99. The van der Waals surface area contributed by atoms with Gasteiger partial charge in [0.25, 0.3) is 0 Å². The van der Waals surface area contributed by atoms with E-state index in [2.05, 4.69) is 21.8 Å². The third-order valence-corrected chi connectivity index (χ3v) is 2.02. The number of nitrogens with zero attached hydrogens (tertiary/aromatic N) is 2. The second kappa shape index (κ2) is 6.56. The second-order valence-corrected chi connectivity index (χ2v) is 3.01. The van der Waals surface area contributed by atoms with E-state index in [1.807, 2.05) is 19.3 Å². The van der Waals surface area contributed by atoms with Crippen molar-refractivity contribution in [3.8, 4) is 0 Å². The summed E-state index contributed by atoms with van der Waals surface area (Å²) in [6.45, 7) is 8.31. The van der Waals surface area contributed by atoms with E-state index in [4.69, 9.17) is 4.74 Å². The average Bonchev–Trinajstić information content (AvgIpc) is 2.63. The van der Waals surface area contributed by atoms with Gasteiger partial charge in [-0.1, -0.05) is 6.92 Å². The van der Waals surface area contributed by atoms with E-state index in [-0.39, 0.29) is 0 Å². The summed E-state index contributed by atoms with van der Waals surface area (Å²) in [6, 6.07) is 0. The molecule has 0 aromatic carbocycles. The van der Waals surface area contributed by atoms with Crippen molar-refractivity contribution in [3.63, 3.8) is 0 Å². The van der Waals surface area contributed by atoms with Crippen molar-refractivity contribution in [1.82, 2.24) is 14.9 Å². The average molecular weight is 197 g/mol. The Morgan fingerprint density at radius 1 is 1.50 bits per heavy atom. The van der Waals surface area contributed by atoms with Gasteiger partial charge in [-0.15, -0.1) is 0 Å². The Balaban J connectivity index is 2.37. The lowest BCUT2D eigenvalue weighted by Crippen LogP contribution is -2.17. The number of hydrogen-bond acceptors (Lipinski definition) is 3. The number of ether oxygens (including phenoxy) is 1. The monoisotopic (exact) mass is 197 g/mol. The van der Waals surface area contributed by atoms with E-state index in [0.29, 0.717) is 0 Å². The summed E-state index contributed by atoms with van der Waals surface area (Å²) >= 11 is 0. The molecule has 0 unspecified atom stereocenters. The quantitative estimate of drug-likeness (QED) is 0.664. The highest BCUT2D eigenvalue weighted by Crippen LogP contribution is 1.97. The molecule has 1 rings (SSSR count). The summed E-state index contributed by atoms with van der Waals surface area (Å²) in [6.07, 6.45) is 3.82. The summed E-state index contributed by atoms with van der Waals surface area (Å²) in [4.78, 5) is 4.28. The van der Waals surface area contributed by atoms with Gasteiger partial charge in [0.1, 0.15) is 5.82 Å². The first kappa shape index (κ1) is 11.2. The van der Waals surface area contributed by atoms with Gasteiger partial charge in [0.15, 0.2) is 0 Å². The Morgan fingerprint density at radius 3 is 3.07 bits per heavy atom. The molecule has 4 nitrogen and oxygen atoms in total. The summed E-state index contributed by atoms with van der Waals surface area (Å²) in [5.41, 5.74) is 0. The summed E-state index contributed by atoms with van der Waals surface area (Å²) < 4.78 is 7.42. The molecular weight excluding hydrogens is 178 g/mol. The fraction of sp³-hybridized carbons (Fsp3) is 0.700. The molecule has 1 N–H and O–H groups in total. The van der Waals surface area contributed by atoms with Crippen molar-refractivity contribution < 1.29 is 4.74 Å². The number of imidazole rings is 1. The van der Waals surface area contributed by atoms with Crippen LogP contribution in [0.15, 0.2) is 12.4 Å². The number of hydrogen-bond donors (Lipinski definition) is 1. The number of nitrogens with one attached hydrogen (secondary N) is 1. The highest BCUT2D eigenvalue weighted by molar-refractivity contribution is 4.91. The Hall–Kier alpha value is -0.870. The minimum atomic E-state index is 0.756. The molecule has 80 valence electrons. The lowest BCUT2D eigenvalue weighted by molar-refractivity contribution is 0.138. The standard InChI is InChI=1S/C10H19N3O/c1-3-11-9-10-12-5-6-13(10)7-8-14-4-2/h5-6,11H,3-4,7-9H2,1-2H3. The zero-order valence-electron chi connectivity index (χ0n) is 8.99. The van der Waals surface area contributed by atoms with Gasteiger partial charge in [-0.05, 0) is 13.5 Å². The van der Waals surface area contributed by atoms with Gasteiger partial charge in [-0.25, -0.2) is 4.98 Å². The van der Waals surface area contributed by atoms with Gasteiger partial charge in [0.05, 0.1) is 13.2 Å². The van der Waals surface area contributed by atoms with Crippen LogP contribution in [-0.4, -0.2) is 29.3 Å². The highest BCUT2D eigenvalue weighted by Gasteiger charge is 2.00. The smallest absolute Gasteiger partial charge is 0.122 e. The first-order chi connectivity index (χ1) is 6.88. The van der Waals surface area contributed by atoms with Crippen LogP contribution in [0.5, 0.6) is 0 Å². The van der Waals surface area contributed by atoms with Gasteiger partial charge >= 0.3 is 0 Å². The Kier molecular flexibility index (Phi) is 5.25. The molecule has 0 saturated heterocycles. The Bertz CT molecular complexity index is 247. The molecular formula is C10H19N3O. The third kappa shape index (κ3) is 3.47. The van der Waals surface area contributed by atoms with Gasteiger partial charge < -0.3 is 14.6 Å². The summed E-state index contributed by atoms with van der Waals surface area (Å²) in [5.74, 6) is 1.08. The van der Waals surface area contributed by atoms with Crippen molar-refractivity contribution in [1.29, 1.82) is 0 Å². The van der Waals surface area contributed by atoms with Gasteiger partial charge in [-0.3, -0.25) is 0 Å². The fourth-order valence-electron chi connectivity index (χ4n) is 1.25. The predicted molar refractivity (Wildman–Crippen MR) is 56.1 cm³/mol. The van der Waals surface area contributed by atoms with E-state index in [0.717, 1.165) is 38.7 Å². The molecule has 0 radical (unpaired) electrons. The third-order valence-electron chi connectivity index (χ3n) is 2.02. The fourth-order valence-corrected chi connectivity index (χ4v) is 1.25. The largest absolute Gasteiger partial charge is 0.380 e. The lowest BCUT2D eigenvalue weighted by atomic mass is 10.5. The van der Waals surface area contributed by atoms with Gasteiger partial charge in [-0.2, -0.15) is 0 Å². The molecule has 1 aromatic heterocycles. The van der Waals surface area contributed by atoms with Crippen molar-refractivity contribution in [2.24, 2.45) is 0 Å². The van der Waals surface area contributed by atoms with Crippen LogP contribution >= 0.6 is 0 Å². The molecule has 0 fully saturated rings. The van der Waals surface area contributed by atoms with Crippen molar-refractivity contribution in [3.05, 3.63) is 18.2 Å². The van der Waals surface area contributed by atoms with Crippen LogP contribution < -0.4 is 5.32 Å². The minimum Gasteiger partial charge on any atom is -0.380 e. The lowest BCUT2D eigenvalue weighted by Gasteiger charge is -2.07. The van der Waals surface area contributed by atoms with Gasteiger partial charge in [0, 0.05) is 25.5 Å². The van der Waals surface area contributed by atoms with E-state index in [1.165, 1.54) is 0 Å². The molecule has 14 heavy (non-hydrogen) atoms. The van der Waals surface area contributed by atoms with E-state index in [9.17, 15) is 0 Å². The van der Waals surface area contributed by atoms with Crippen LogP contribution in [0.3, 0.4) is 0 Å². The molecule has 0 aliphatic rings. The first-order valence-corrected chi connectivity index (χ1v) is 5.17. The molecule has 4 heteroatoms. The highest BCUT2D eigenvalue weighted by atomic mass is 16.5. The molecule has 0 amide bonds. The topological polar surface area (TPSA) is 39.1 Å². The van der Waals surface area contributed by atoms with Gasteiger partial charge in [0.2, 0.25) is 0 Å². The SMILES string of the molecule is CCNCc1nccn1CCOCC. The maximum absolute atomic E-state index is 5.30. The van der Waals surface area contributed by atoms with E-state index < -0.39 is 0 Å². The molecule has 0 aliphatic heterocycles. The van der Waals surface area contributed by atoms with E-state index in [1.54, 1.807) is 0 Å². The number of rotatable bonds is 7. The van der Waals surface area contributed by atoms with Crippen molar-refractivity contribution in [2.75, 3.05) is 19.8 Å². The maximum Gasteiger partial charge on any atom is 0.122 e. The zero-order chi connectivity index (χ0) is 10.2. The molecule has 0 aliphatic carbocycles. The minimum absolute atomic E-state index is 0.756. The van der Waals surface area contributed by atoms with Crippen LogP contribution in [-0.2, 0) is 17.8 Å². The Morgan fingerprint density at radius 2 is 2.36 bits per heavy atom. The number of aromatic nitrogens is 2. The first-order valence-electron chi connectivity index (χ1n) is 5.17. The summed E-state index contributed by atoms with van der Waals surface area (Å²) in [5, 5.41) is 3.26. The molecule has 1 aromatic rings. The molecule has 1 heterocycles. The maximum atomic E-state index is 5.30. The second-order valence-electron chi connectivity index (χ2n) is 3.01. The summed E-state index contributed by atoms with van der Waals surface area (Å²) in [7, 11) is 0. The van der Waals surface area contributed by atoms with Crippen LogP contribution in [0.1, 0.15) is 19.7 Å². The van der Waals surface area contributed by atoms with E-state index >= 15 is 0 Å². The van der Waals surface area contributed by atoms with Crippen molar-refractivity contribution >= 4 is 0 Å². The van der Waals surface area contributed by atoms with Crippen LogP contribution in [0.25, 0.3) is 0 Å². The van der Waals surface area contributed by atoms with Crippen LogP contribution in [0, 0.1) is 0 Å².